The molecule has 1 aliphatic rings. The topological polar surface area (TPSA) is 42.0 Å². The van der Waals surface area contributed by atoms with Crippen molar-refractivity contribution in [1.82, 2.24) is 9.80 Å². The summed E-state index contributed by atoms with van der Waals surface area (Å²) in [4.78, 5) is 17.0. The number of carbonyl (C=O) groups is 1. The van der Waals surface area contributed by atoms with E-state index in [4.69, 9.17) is 21.1 Å². The van der Waals surface area contributed by atoms with Crippen molar-refractivity contribution in [3.05, 3.63) is 34.9 Å². The molecule has 6 heteroatoms. The second kappa shape index (κ2) is 12.1. The first-order valence-electron chi connectivity index (χ1n) is 11.7. The molecule has 0 bridgehead atoms. The minimum Gasteiger partial charge on any atom is -0.444 e. The molecule has 0 radical (unpaired) electrons. The van der Waals surface area contributed by atoms with E-state index in [2.05, 4.69) is 30.9 Å². The van der Waals surface area contributed by atoms with Crippen LogP contribution in [0.25, 0.3) is 0 Å². The van der Waals surface area contributed by atoms with E-state index in [1.807, 2.05) is 44.7 Å². The van der Waals surface area contributed by atoms with Gasteiger partial charge in [0.05, 0.1) is 6.10 Å². The van der Waals surface area contributed by atoms with Crippen molar-refractivity contribution in [3.8, 4) is 0 Å². The average Bonchev–Trinajstić information content (AvgIpc) is 2.71. The van der Waals surface area contributed by atoms with E-state index in [1.165, 1.54) is 5.56 Å². The summed E-state index contributed by atoms with van der Waals surface area (Å²) in [6.07, 6.45) is 3.93. The Kier molecular flexibility index (Phi) is 10.1. The van der Waals surface area contributed by atoms with Crippen molar-refractivity contribution in [2.24, 2.45) is 0 Å². The van der Waals surface area contributed by atoms with Gasteiger partial charge in [-0.15, -0.1) is 0 Å². The zero-order valence-electron chi connectivity index (χ0n) is 20.2. The van der Waals surface area contributed by atoms with Crippen molar-refractivity contribution in [1.29, 1.82) is 0 Å². The lowest BCUT2D eigenvalue weighted by Gasteiger charge is -2.43. The van der Waals surface area contributed by atoms with E-state index < -0.39 is 5.60 Å². The summed E-state index contributed by atoms with van der Waals surface area (Å²) >= 11 is 6.08. The van der Waals surface area contributed by atoms with E-state index in [0.717, 1.165) is 56.9 Å². The van der Waals surface area contributed by atoms with Gasteiger partial charge in [-0.25, -0.2) is 4.79 Å². The molecule has 1 aromatic carbocycles. The largest absolute Gasteiger partial charge is 0.444 e. The van der Waals surface area contributed by atoms with E-state index in [1.54, 1.807) is 0 Å². The van der Waals surface area contributed by atoms with Gasteiger partial charge in [-0.3, -0.25) is 4.90 Å². The Morgan fingerprint density at radius 2 is 1.81 bits per heavy atom. The van der Waals surface area contributed by atoms with Crippen LogP contribution in [0.15, 0.2) is 24.3 Å². The predicted octanol–water partition coefficient (Wildman–Crippen LogP) is 5.79. The van der Waals surface area contributed by atoms with Crippen LogP contribution in [0.2, 0.25) is 5.02 Å². The molecule has 1 saturated heterocycles. The van der Waals surface area contributed by atoms with Crippen LogP contribution in [0.5, 0.6) is 0 Å². The highest BCUT2D eigenvalue weighted by atomic mass is 35.5. The van der Waals surface area contributed by atoms with Gasteiger partial charge < -0.3 is 14.4 Å². The molecule has 1 heterocycles. The lowest BCUT2D eigenvalue weighted by Crippen LogP contribution is -2.53. The fourth-order valence-electron chi connectivity index (χ4n) is 4.33. The van der Waals surface area contributed by atoms with Gasteiger partial charge >= 0.3 is 6.09 Å². The maximum Gasteiger partial charge on any atom is 0.410 e. The summed E-state index contributed by atoms with van der Waals surface area (Å²) in [7, 11) is 0. The predicted molar refractivity (Wildman–Crippen MR) is 128 cm³/mol. The smallest absolute Gasteiger partial charge is 0.410 e. The summed E-state index contributed by atoms with van der Waals surface area (Å²) in [5, 5.41) is 0.771. The van der Waals surface area contributed by atoms with Crippen LogP contribution in [-0.4, -0.2) is 65.9 Å². The van der Waals surface area contributed by atoms with Gasteiger partial charge in [0.1, 0.15) is 5.60 Å². The number of carbonyl (C=O) groups excluding carboxylic acids is 1. The maximum absolute atomic E-state index is 12.5. The number of ether oxygens (including phenoxy) is 2. The fraction of sp³-hybridized carbons (Fsp3) is 0.720. The van der Waals surface area contributed by atoms with Gasteiger partial charge in [0.15, 0.2) is 0 Å². The first kappa shape index (κ1) is 26.0. The van der Waals surface area contributed by atoms with Crippen molar-refractivity contribution < 1.29 is 14.3 Å². The lowest BCUT2D eigenvalue weighted by molar-refractivity contribution is -0.00916. The molecule has 0 N–H and O–H groups in total. The lowest BCUT2D eigenvalue weighted by atomic mass is 9.96. The third-order valence-corrected chi connectivity index (χ3v) is 6.08. The van der Waals surface area contributed by atoms with Crippen LogP contribution in [0.4, 0.5) is 4.79 Å². The molecule has 1 aromatic rings. The van der Waals surface area contributed by atoms with Crippen LogP contribution in [-0.2, 0) is 15.9 Å². The first-order chi connectivity index (χ1) is 14.6. The monoisotopic (exact) mass is 452 g/mol. The highest BCUT2D eigenvalue weighted by Gasteiger charge is 2.33. The molecule has 31 heavy (non-hydrogen) atoms. The molecule has 0 unspecified atom stereocenters. The van der Waals surface area contributed by atoms with Gasteiger partial charge in [0.25, 0.3) is 0 Å². The van der Waals surface area contributed by atoms with Crippen LogP contribution in [0.3, 0.4) is 0 Å². The summed E-state index contributed by atoms with van der Waals surface area (Å²) < 4.78 is 11.5. The Balaban J connectivity index is 2.08. The van der Waals surface area contributed by atoms with Gasteiger partial charge in [-0.2, -0.15) is 0 Å². The quantitative estimate of drug-likeness (QED) is 0.475. The molecule has 1 aliphatic heterocycles. The molecule has 2 atom stereocenters. The Labute approximate surface area is 194 Å². The molecule has 5 nitrogen and oxygen atoms in total. The highest BCUT2D eigenvalue weighted by Crippen LogP contribution is 2.25. The van der Waals surface area contributed by atoms with E-state index in [-0.39, 0.29) is 12.2 Å². The fourth-order valence-corrected chi connectivity index (χ4v) is 4.45. The van der Waals surface area contributed by atoms with Crippen molar-refractivity contribution in [2.75, 3.05) is 26.2 Å². The first-order valence-corrected chi connectivity index (χ1v) is 12.1. The third kappa shape index (κ3) is 8.63. The molecule has 0 saturated carbocycles. The Bertz CT molecular complexity index is 666. The van der Waals surface area contributed by atoms with Crippen molar-refractivity contribution >= 4 is 17.7 Å². The average molecular weight is 453 g/mol. The van der Waals surface area contributed by atoms with Gasteiger partial charge in [0, 0.05) is 43.3 Å². The van der Waals surface area contributed by atoms with Crippen molar-refractivity contribution in [2.45, 2.75) is 91.0 Å². The van der Waals surface area contributed by atoms with E-state index >= 15 is 0 Å². The molecule has 176 valence electrons. The summed E-state index contributed by atoms with van der Waals surface area (Å²) in [6, 6.07) is 9.04. The molecule has 0 aliphatic carbocycles. The van der Waals surface area contributed by atoms with E-state index in [9.17, 15) is 4.79 Å². The number of piperidine rings is 1. The third-order valence-electron chi connectivity index (χ3n) is 5.83. The minimum absolute atomic E-state index is 0.174. The second-order valence-corrected chi connectivity index (χ2v) is 9.99. The molecule has 0 spiro atoms. The number of benzene rings is 1. The van der Waals surface area contributed by atoms with E-state index in [0.29, 0.717) is 12.1 Å². The number of nitrogens with zero attached hydrogens (tertiary/aromatic N) is 2. The van der Waals surface area contributed by atoms with Crippen LogP contribution in [0.1, 0.15) is 66.4 Å². The number of halogens is 1. The van der Waals surface area contributed by atoms with Crippen LogP contribution < -0.4 is 0 Å². The SMILES string of the molecule is CCO[C@@H](C)CN(C1CCN(C(=O)OC(C)(C)C)CC1)[C@H](CC)Cc1ccc(Cl)cc1. The van der Waals surface area contributed by atoms with Gasteiger partial charge in [0.2, 0.25) is 0 Å². The molecule has 1 amide bonds. The minimum atomic E-state index is -0.460. The summed E-state index contributed by atoms with van der Waals surface area (Å²) in [5.41, 5.74) is 0.843. The summed E-state index contributed by atoms with van der Waals surface area (Å²) in [6.45, 7) is 15.3. The number of amides is 1. The number of rotatable bonds is 9. The molecule has 0 aromatic heterocycles. The maximum atomic E-state index is 12.5. The Morgan fingerprint density at radius 1 is 1.19 bits per heavy atom. The van der Waals surface area contributed by atoms with Gasteiger partial charge in [-0.1, -0.05) is 30.7 Å². The normalized spacial score (nSPS) is 17.6. The summed E-state index contributed by atoms with van der Waals surface area (Å²) in [5.74, 6) is 0. The zero-order valence-corrected chi connectivity index (χ0v) is 21.0. The van der Waals surface area contributed by atoms with Crippen LogP contribution >= 0.6 is 11.6 Å². The molecular formula is C25H41ClN2O3. The molecule has 1 fully saturated rings. The van der Waals surface area contributed by atoms with Crippen molar-refractivity contribution in [3.63, 3.8) is 0 Å². The zero-order chi connectivity index (χ0) is 23.0. The Morgan fingerprint density at radius 3 is 2.32 bits per heavy atom. The van der Waals surface area contributed by atoms with Gasteiger partial charge in [-0.05, 0) is 78.0 Å². The standard InChI is InChI=1S/C25H41ClN2O3/c1-7-22(17-20-9-11-21(26)12-10-20)28(18-19(3)30-8-2)23-13-15-27(16-14-23)24(29)31-25(4,5)6/h9-12,19,22-23H,7-8,13-18H2,1-6H3/t19-,22+/m0/s1. The Hall–Kier alpha value is -1.30. The number of hydrogen-bond donors (Lipinski definition) is 0. The number of likely N-dealkylation sites (tertiary alicyclic amines) is 1. The number of hydrogen-bond acceptors (Lipinski definition) is 4. The highest BCUT2D eigenvalue weighted by molar-refractivity contribution is 6.30. The second-order valence-electron chi connectivity index (χ2n) is 9.55. The van der Waals surface area contributed by atoms with Crippen LogP contribution in [0, 0.1) is 0 Å². The molecular weight excluding hydrogens is 412 g/mol. The molecule has 2 rings (SSSR count).